The highest BCUT2D eigenvalue weighted by molar-refractivity contribution is 5.92. The zero-order valence-corrected chi connectivity index (χ0v) is 20.4. The number of carbonyl (C=O) groups excluding carboxylic acids is 2. The van der Waals surface area contributed by atoms with E-state index in [1.807, 2.05) is 12.1 Å². The minimum absolute atomic E-state index is 0.0624. The van der Waals surface area contributed by atoms with Gasteiger partial charge in [-0.2, -0.15) is 20.4 Å². The second kappa shape index (κ2) is 12.0. The third-order valence-corrected chi connectivity index (χ3v) is 5.59. The first-order valence-corrected chi connectivity index (χ1v) is 11.7. The van der Waals surface area contributed by atoms with Crippen LogP contribution in [-0.2, 0) is 43.4 Å². The van der Waals surface area contributed by atoms with Crippen molar-refractivity contribution >= 4 is 11.9 Å². The van der Waals surface area contributed by atoms with Gasteiger partial charge in [-0.25, -0.2) is 9.59 Å². The number of nitrogens with two attached hydrogens (primary N) is 2. The second-order valence-electron chi connectivity index (χ2n) is 8.47. The Bertz CT molecular complexity index is 1270. The van der Waals surface area contributed by atoms with Crippen LogP contribution in [0.1, 0.15) is 22.5 Å². The van der Waals surface area contributed by atoms with Crippen LogP contribution >= 0.6 is 0 Å². The lowest BCUT2D eigenvalue weighted by atomic mass is 9.98. The molecule has 2 aromatic carbocycles. The van der Waals surface area contributed by atoms with Gasteiger partial charge in [0, 0.05) is 35.7 Å². The summed E-state index contributed by atoms with van der Waals surface area (Å²) in [5, 5.41) is 15.8. The third-order valence-electron chi connectivity index (χ3n) is 5.59. The summed E-state index contributed by atoms with van der Waals surface area (Å²) in [5.41, 5.74) is 12.1. The van der Waals surface area contributed by atoms with E-state index in [-0.39, 0.29) is 12.8 Å². The van der Waals surface area contributed by atoms with Gasteiger partial charge in [-0.1, -0.05) is 60.7 Å². The average molecular weight is 511 g/mol. The lowest BCUT2D eigenvalue weighted by Crippen LogP contribution is -2.44. The fraction of sp³-hybridized carbons (Fsp3) is 0.143. The van der Waals surface area contributed by atoms with Gasteiger partial charge in [0.1, 0.15) is 0 Å². The largest absolute Gasteiger partial charge is 0.436 e. The first kappa shape index (κ1) is 26.3. The van der Waals surface area contributed by atoms with Crippen molar-refractivity contribution in [3.05, 3.63) is 132 Å². The molecular weight excluding hydrogens is 484 g/mol. The van der Waals surface area contributed by atoms with E-state index in [0.29, 0.717) is 22.5 Å². The number of benzene rings is 2. The Kier molecular flexibility index (Phi) is 8.27. The topological polar surface area (TPSA) is 156 Å². The molecule has 0 bridgehead atoms. The van der Waals surface area contributed by atoms with Crippen LogP contribution in [0.25, 0.3) is 0 Å². The van der Waals surface area contributed by atoms with Gasteiger partial charge in [0.25, 0.3) is 0 Å². The molecule has 0 amide bonds. The molecule has 0 saturated carbocycles. The second-order valence-corrected chi connectivity index (χ2v) is 8.47. The van der Waals surface area contributed by atoms with Crippen LogP contribution in [0.3, 0.4) is 0 Å². The number of hydrogen-bond acceptors (Lipinski definition) is 10. The lowest BCUT2D eigenvalue weighted by Gasteiger charge is -2.29. The Hall–Kier alpha value is -4.80. The summed E-state index contributed by atoms with van der Waals surface area (Å²) < 4.78 is 11.2. The quantitative estimate of drug-likeness (QED) is 0.184. The zero-order valence-electron chi connectivity index (χ0n) is 20.4. The van der Waals surface area contributed by atoms with Crippen molar-refractivity contribution in [2.45, 2.75) is 24.3 Å². The third kappa shape index (κ3) is 6.90. The molecule has 10 heteroatoms. The molecular formula is C28H26N6O4. The van der Waals surface area contributed by atoms with Gasteiger partial charge in [0.15, 0.2) is 11.4 Å². The van der Waals surface area contributed by atoms with Gasteiger partial charge in [0.2, 0.25) is 0 Å². The molecule has 0 aliphatic carbocycles. The maximum Gasteiger partial charge on any atom is 0.333 e. The molecule has 0 saturated heterocycles. The highest BCUT2D eigenvalue weighted by Gasteiger charge is 2.34. The van der Waals surface area contributed by atoms with Gasteiger partial charge >= 0.3 is 11.9 Å². The van der Waals surface area contributed by atoms with Crippen molar-refractivity contribution in [3.63, 3.8) is 0 Å². The van der Waals surface area contributed by atoms with Gasteiger partial charge in [0.05, 0.1) is 24.2 Å². The number of carbonyl (C=O) groups is 2. The Morgan fingerprint density at radius 1 is 0.632 bits per heavy atom. The molecule has 10 nitrogen and oxygen atoms in total. The van der Waals surface area contributed by atoms with Crippen molar-refractivity contribution in [1.82, 2.24) is 20.4 Å². The van der Waals surface area contributed by atoms with Gasteiger partial charge < -0.3 is 9.47 Å². The molecule has 38 heavy (non-hydrogen) atoms. The van der Waals surface area contributed by atoms with Crippen molar-refractivity contribution in [2.75, 3.05) is 0 Å². The first-order chi connectivity index (χ1) is 18.4. The summed E-state index contributed by atoms with van der Waals surface area (Å²) in [4.78, 5) is 25.5. The average Bonchev–Trinajstić information content (AvgIpc) is 2.94. The van der Waals surface area contributed by atoms with Crippen molar-refractivity contribution in [1.29, 1.82) is 0 Å². The number of hydrogen-bond donors (Lipinski definition) is 2. The normalized spacial score (nSPS) is 14.3. The van der Waals surface area contributed by atoms with Crippen molar-refractivity contribution < 1.29 is 19.1 Å². The van der Waals surface area contributed by atoms with E-state index in [0.717, 1.165) is 12.2 Å². The molecule has 0 radical (unpaired) electrons. The molecule has 0 aliphatic rings. The minimum atomic E-state index is -1.56. The SMILES string of the molecule is NC(Cc1cccnn1)(OC(=O)/C=C\C(=O)OC(N)(Cc1cccnn1)c1ccccc1)c1ccccc1. The molecule has 0 fully saturated rings. The van der Waals surface area contributed by atoms with E-state index in [2.05, 4.69) is 20.4 Å². The fourth-order valence-electron chi connectivity index (χ4n) is 3.79. The number of ether oxygens (including phenoxy) is 2. The molecule has 0 spiro atoms. The van der Waals surface area contributed by atoms with E-state index >= 15 is 0 Å². The standard InChI is InChI=1S/C28H26N6O4/c29-27(21-9-3-1-4-10-21,19-23-13-7-17-31-33-23)37-25(35)15-16-26(36)38-28(30,22-11-5-2-6-12-22)20-24-14-8-18-32-34-24/h1-18H,19-20,29-30H2/b16-15-. The summed E-state index contributed by atoms with van der Waals surface area (Å²) in [5.74, 6) is -1.71. The first-order valence-electron chi connectivity index (χ1n) is 11.7. The highest BCUT2D eigenvalue weighted by Crippen LogP contribution is 2.26. The molecule has 4 aromatic rings. The molecule has 4 rings (SSSR count). The van der Waals surface area contributed by atoms with E-state index in [9.17, 15) is 9.59 Å². The summed E-state index contributed by atoms with van der Waals surface area (Å²) in [6.45, 7) is 0. The van der Waals surface area contributed by atoms with E-state index < -0.39 is 23.4 Å². The van der Waals surface area contributed by atoms with Crippen LogP contribution in [0.15, 0.2) is 109 Å². The predicted molar refractivity (Wildman–Crippen MR) is 137 cm³/mol. The summed E-state index contributed by atoms with van der Waals surface area (Å²) in [6.07, 6.45) is 5.07. The van der Waals surface area contributed by atoms with E-state index in [1.54, 1.807) is 72.8 Å². The molecule has 2 heterocycles. The molecule has 0 aliphatic heterocycles. The number of aromatic nitrogens is 4. The smallest absolute Gasteiger partial charge is 0.333 e. The Morgan fingerprint density at radius 3 is 1.37 bits per heavy atom. The van der Waals surface area contributed by atoms with Crippen LogP contribution in [0.5, 0.6) is 0 Å². The summed E-state index contributed by atoms with van der Waals surface area (Å²) in [7, 11) is 0. The predicted octanol–water partition coefficient (Wildman–Crippen LogP) is 2.32. The number of nitrogens with zero attached hydrogens (tertiary/aromatic N) is 4. The van der Waals surface area contributed by atoms with Crippen LogP contribution in [0.2, 0.25) is 0 Å². The van der Waals surface area contributed by atoms with Gasteiger partial charge in [-0.15, -0.1) is 0 Å². The van der Waals surface area contributed by atoms with Crippen LogP contribution in [-0.4, -0.2) is 32.3 Å². The molecule has 2 atom stereocenters. The maximum atomic E-state index is 12.8. The van der Waals surface area contributed by atoms with Crippen LogP contribution in [0, 0.1) is 0 Å². The molecule has 4 N–H and O–H groups in total. The van der Waals surface area contributed by atoms with E-state index in [4.69, 9.17) is 20.9 Å². The lowest BCUT2D eigenvalue weighted by molar-refractivity contribution is -0.157. The highest BCUT2D eigenvalue weighted by atomic mass is 16.6. The maximum absolute atomic E-state index is 12.8. The monoisotopic (exact) mass is 510 g/mol. The summed E-state index contributed by atoms with van der Waals surface area (Å²) in [6, 6.07) is 24.5. The van der Waals surface area contributed by atoms with Crippen molar-refractivity contribution in [3.8, 4) is 0 Å². The number of esters is 2. The summed E-state index contributed by atoms with van der Waals surface area (Å²) >= 11 is 0. The fourth-order valence-corrected chi connectivity index (χ4v) is 3.79. The molecule has 192 valence electrons. The van der Waals surface area contributed by atoms with Gasteiger partial charge in [-0.05, 0) is 24.3 Å². The Morgan fingerprint density at radius 2 is 1.03 bits per heavy atom. The van der Waals surface area contributed by atoms with Crippen LogP contribution in [0.4, 0.5) is 0 Å². The van der Waals surface area contributed by atoms with Crippen molar-refractivity contribution in [2.24, 2.45) is 11.5 Å². The Balaban J connectivity index is 1.50. The molecule has 2 aromatic heterocycles. The molecule has 2 unspecified atom stereocenters. The van der Waals surface area contributed by atoms with E-state index in [1.165, 1.54) is 12.4 Å². The minimum Gasteiger partial charge on any atom is -0.436 e. The van der Waals surface area contributed by atoms with Crippen LogP contribution < -0.4 is 11.5 Å². The van der Waals surface area contributed by atoms with Gasteiger partial charge in [-0.3, -0.25) is 11.5 Å². The Labute approximate surface area is 219 Å². The number of rotatable bonds is 10. The zero-order chi connectivity index (χ0) is 26.8.